The molecule has 0 heterocycles. The summed E-state index contributed by atoms with van der Waals surface area (Å²) in [7, 11) is -4.53. The van der Waals surface area contributed by atoms with Crippen molar-refractivity contribution in [3.05, 3.63) is 58.6 Å². The highest BCUT2D eigenvalue weighted by Crippen LogP contribution is 2.40. The van der Waals surface area contributed by atoms with Crippen LogP contribution in [0.3, 0.4) is 0 Å². The Morgan fingerprint density at radius 1 is 1.14 bits per heavy atom. The summed E-state index contributed by atoms with van der Waals surface area (Å²) in [6, 6.07) is 10.2. The SMILES string of the molecule is CCc1c(Cl)cc(S(=O)(=O)O)cc1N=Nc1c(O)c(C(=O)O)cc2ccccc12. The molecule has 3 aromatic rings. The van der Waals surface area contributed by atoms with E-state index in [-0.39, 0.29) is 22.0 Å². The van der Waals surface area contributed by atoms with Gasteiger partial charge in [0.2, 0.25) is 0 Å². The fourth-order valence-electron chi connectivity index (χ4n) is 2.87. The van der Waals surface area contributed by atoms with Gasteiger partial charge in [-0.25, -0.2) is 4.79 Å². The first kappa shape index (κ1) is 20.7. The van der Waals surface area contributed by atoms with Gasteiger partial charge in [-0.3, -0.25) is 4.55 Å². The van der Waals surface area contributed by atoms with Crippen LogP contribution in [-0.4, -0.2) is 29.2 Å². The smallest absolute Gasteiger partial charge is 0.339 e. The third-order valence-electron chi connectivity index (χ3n) is 4.28. The van der Waals surface area contributed by atoms with Gasteiger partial charge in [0.1, 0.15) is 11.3 Å². The molecule has 0 unspecified atom stereocenters. The van der Waals surface area contributed by atoms with Crippen LogP contribution in [0.1, 0.15) is 22.8 Å². The summed E-state index contributed by atoms with van der Waals surface area (Å²) in [5.74, 6) is -1.91. The predicted molar refractivity (Wildman–Crippen MR) is 107 cm³/mol. The maximum absolute atomic E-state index is 11.5. The Labute approximate surface area is 170 Å². The lowest BCUT2D eigenvalue weighted by Crippen LogP contribution is -1.99. The van der Waals surface area contributed by atoms with Crippen molar-refractivity contribution in [3.63, 3.8) is 0 Å². The van der Waals surface area contributed by atoms with Crippen LogP contribution in [0, 0.1) is 0 Å². The van der Waals surface area contributed by atoms with E-state index in [1.807, 2.05) is 0 Å². The number of hydrogen-bond donors (Lipinski definition) is 3. The number of phenols is 1. The number of halogens is 1. The molecule has 0 aliphatic heterocycles. The molecule has 0 aliphatic rings. The zero-order valence-corrected chi connectivity index (χ0v) is 16.6. The Kier molecular flexibility index (Phi) is 5.56. The van der Waals surface area contributed by atoms with E-state index in [1.54, 1.807) is 31.2 Å². The van der Waals surface area contributed by atoms with Crippen LogP contribution in [-0.2, 0) is 16.5 Å². The lowest BCUT2D eigenvalue weighted by atomic mass is 10.0. The zero-order chi connectivity index (χ0) is 21.3. The van der Waals surface area contributed by atoms with Crippen LogP contribution in [0.4, 0.5) is 11.4 Å². The zero-order valence-electron chi connectivity index (χ0n) is 15.0. The number of aromatic carboxylic acids is 1. The van der Waals surface area contributed by atoms with Gasteiger partial charge in [-0.05, 0) is 35.6 Å². The lowest BCUT2D eigenvalue weighted by Gasteiger charge is -2.09. The Bertz CT molecular complexity index is 1270. The fraction of sp³-hybridized carbons (Fsp3) is 0.105. The Morgan fingerprint density at radius 2 is 1.83 bits per heavy atom. The standard InChI is InChI=1S/C19H15ClN2O6S/c1-2-12-15(20)8-11(29(26,27)28)9-16(12)21-22-17-13-6-4-3-5-10(13)7-14(18(17)23)19(24)25/h3-9,23H,2H2,1H3,(H,24,25)(H,26,27,28). The van der Waals surface area contributed by atoms with Gasteiger partial charge in [-0.1, -0.05) is 42.8 Å². The summed E-state index contributed by atoms with van der Waals surface area (Å²) in [5, 5.41) is 28.8. The minimum atomic E-state index is -4.53. The molecule has 0 amide bonds. The number of aromatic hydroxyl groups is 1. The maximum Gasteiger partial charge on any atom is 0.339 e. The minimum absolute atomic E-state index is 0.0665. The van der Waals surface area contributed by atoms with E-state index in [0.717, 1.165) is 12.1 Å². The normalized spacial score (nSPS) is 12.0. The fourth-order valence-corrected chi connectivity index (χ4v) is 3.81. The molecule has 0 aliphatic carbocycles. The highest BCUT2D eigenvalue weighted by atomic mass is 35.5. The summed E-state index contributed by atoms with van der Waals surface area (Å²) in [5.41, 5.74) is 0.104. The summed E-state index contributed by atoms with van der Waals surface area (Å²) in [6.45, 7) is 1.77. The first-order chi connectivity index (χ1) is 13.6. The molecular weight excluding hydrogens is 420 g/mol. The monoisotopic (exact) mass is 434 g/mol. The van der Waals surface area contributed by atoms with E-state index >= 15 is 0 Å². The highest BCUT2D eigenvalue weighted by molar-refractivity contribution is 7.85. The van der Waals surface area contributed by atoms with Crippen molar-refractivity contribution < 1.29 is 28.0 Å². The van der Waals surface area contributed by atoms with Gasteiger partial charge < -0.3 is 10.2 Å². The van der Waals surface area contributed by atoms with Crippen molar-refractivity contribution in [2.75, 3.05) is 0 Å². The molecule has 10 heteroatoms. The Hall–Kier alpha value is -3.01. The van der Waals surface area contributed by atoms with Gasteiger partial charge >= 0.3 is 5.97 Å². The topological polar surface area (TPSA) is 137 Å². The summed E-state index contributed by atoms with van der Waals surface area (Å²) >= 11 is 6.11. The Balaban J connectivity index is 2.26. The van der Waals surface area contributed by atoms with Crippen molar-refractivity contribution >= 4 is 49.8 Å². The van der Waals surface area contributed by atoms with Crippen molar-refractivity contribution in [2.24, 2.45) is 10.2 Å². The molecule has 29 heavy (non-hydrogen) atoms. The average molecular weight is 435 g/mol. The third kappa shape index (κ3) is 4.07. The van der Waals surface area contributed by atoms with Crippen LogP contribution in [0.2, 0.25) is 5.02 Å². The number of nitrogens with zero attached hydrogens (tertiary/aromatic N) is 2. The van der Waals surface area contributed by atoms with Gasteiger partial charge in [-0.2, -0.15) is 13.5 Å². The van der Waals surface area contributed by atoms with Crippen LogP contribution in [0.15, 0.2) is 57.6 Å². The molecule has 0 saturated heterocycles. The minimum Gasteiger partial charge on any atom is -0.505 e. The summed E-state index contributed by atoms with van der Waals surface area (Å²) in [6.07, 6.45) is 0.390. The number of fused-ring (bicyclic) bond motifs is 1. The largest absolute Gasteiger partial charge is 0.505 e. The van der Waals surface area contributed by atoms with Gasteiger partial charge in [0.15, 0.2) is 5.75 Å². The summed E-state index contributed by atoms with van der Waals surface area (Å²) in [4.78, 5) is 11.0. The van der Waals surface area contributed by atoms with Gasteiger partial charge in [0, 0.05) is 10.4 Å². The maximum atomic E-state index is 11.5. The van der Waals surface area contributed by atoms with Gasteiger partial charge in [-0.15, -0.1) is 5.11 Å². The van der Waals surface area contributed by atoms with Crippen LogP contribution < -0.4 is 0 Å². The second-order valence-corrected chi connectivity index (χ2v) is 7.91. The van der Waals surface area contributed by atoms with Crippen LogP contribution in [0.25, 0.3) is 10.8 Å². The second-order valence-electron chi connectivity index (χ2n) is 6.08. The number of benzene rings is 3. The summed E-state index contributed by atoms with van der Waals surface area (Å²) < 4.78 is 32.3. The Morgan fingerprint density at radius 3 is 2.45 bits per heavy atom. The highest BCUT2D eigenvalue weighted by Gasteiger charge is 2.19. The molecule has 0 fully saturated rings. The van der Waals surface area contributed by atoms with E-state index < -0.39 is 26.7 Å². The predicted octanol–water partition coefficient (Wildman–Crippen LogP) is 5.12. The molecule has 0 aromatic heterocycles. The van der Waals surface area contributed by atoms with Crippen LogP contribution in [0.5, 0.6) is 5.75 Å². The van der Waals surface area contributed by atoms with Crippen molar-refractivity contribution in [2.45, 2.75) is 18.2 Å². The molecule has 0 spiro atoms. The molecule has 0 saturated carbocycles. The van der Waals surface area contributed by atoms with Gasteiger partial charge in [0.05, 0.1) is 10.6 Å². The molecule has 3 N–H and O–H groups in total. The molecule has 0 radical (unpaired) electrons. The third-order valence-corrected chi connectivity index (χ3v) is 5.45. The van der Waals surface area contributed by atoms with Gasteiger partial charge in [0.25, 0.3) is 10.1 Å². The van der Waals surface area contributed by atoms with E-state index in [4.69, 9.17) is 11.6 Å². The number of carbonyl (C=O) groups is 1. The number of rotatable bonds is 5. The molecular formula is C19H15ClN2O6S. The molecule has 3 aromatic carbocycles. The van der Waals surface area contributed by atoms with Crippen molar-refractivity contribution in [1.29, 1.82) is 0 Å². The number of azo groups is 1. The first-order valence-electron chi connectivity index (χ1n) is 8.33. The average Bonchev–Trinajstić information content (AvgIpc) is 2.65. The molecule has 0 bridgehead atoms. The quantitative estimate of drug-likeness (QED) is 0.376. The number of carboxylic acids is 1. The van der Waals surface area contributed by atoms with E-state index in [0.29, 0.717) is 22.8 Å². The van der Waals surface area contributed by atoms with E-state index in [9.17, 15) is 28.0 Å². The first-order valence-corrected chi connectivity index (χ1v) is 10.1. The van der Waals surface area contributed by atoms with Crippen LogP contribution >= 0.6 is 11.6 Å². The number of carboxylic acid groups (broad SMARTS) is 1. The molecule has 150 valence electrons. The number of hydrogen-bond acceptors (Lipinski definition) is 6. The lowest BCUT2D eigenvalue weighted by molar-refractivity contribution is 0.0694. The second kappa shape index (κ2) is 7.78. The van der Waals surface area contributed by atoms with E-state index in [2.05, 4.69) is 10.2 Å². The molecule has 0 atom stereocenters. The molecule has 8 nitrogen and oxygen atoms in total. The van der Waals surface area contributed by atoms with Crippen molar-refractivity contribution in [1.82, 2.24) is 0 Å². The van der Waals surface area contributed by atoms with Crippen molar-refractivity contribution in [3.8, 4) is 5.75 Å². The van der Waals surface area contributed by atoms with E-state index in [1.165, 1.54) is 6.07 Å². The molecule has 3 rings (SSSR count).